The Hall–Kier alpha value is -1.82. The molecule has 1 aromatic carbocycles. The van der Waals surface area contributed by atoms with Gasteiger partial charge in [-0.2, -0.15) is 0 Å². The van der Waals surface area contributed by atoms with Gasteiger partial charge in [0.2, 0.25) is 5.91 Å². The molecule has 1 aliphatic carbocycles. The Kier molecular flexibility index (Phi) is 6.13. The summed E-state index contributed by atoms with van der Waals surface area (Å²) in [5.41, 5.74) is 1.02. The number of nitrogens with one attached hydrogen (secondary N) is 1. The van der Waals surface area contributed by atoms with Gasteiger partial charge in [0.1, 0.15) is 5.82 Å². The first-order valence-corrected chi connectivity index (χ1v) is 9.97. The summed E-state index contributed by atoms with van der Waals surface area (Å²) in [5.74, 6) is 0.919. The lowest BCUT2D eigenvalue weighted by molar-refractivity contribution is -0.121. The molecular weight excluding hydrogens is 332 g/mol. The Morgan fingerprint density at radius 2 is 1.84 bits per heavy atom. The van der Waals surface area contributed by atoms with Crippen LogP contribution in [0.5, 0.6) is 0 Å². The van der Waals surface area contributed by atoms with Crippen LogP contribution in [0.25, 0.3) is 5.69 Å². The molecule has 1 aromatic heterocycles. The fraction of sp³-hybridized carbons (Fsp3) is 0.526. The normalized spacial score (nSPS) is 17.0. The smallest absolute Gasteiger partial charge is 0.233 e. The van der Waals surface area contributed by atoms with Gasteiger partial charge in [-0.3, -0.25) is 9.36 Å². The van der Waals surface area contributed by atoms with Crippen molar-refractivity contribution in [2.24, 2.45) is 0 Å². The zero-order valence-electron chi connectivity index (χ0n) is 14.9. The molecule has 1 atom stereocenters. The lowest BCUT2D eigenvalue weighted by Crippen LogP contribution is -2.39. The Bertz CT molecular complexity index is 693. The second kappa shape index (κ2) is 8.52. The Balaban J connectivity index is 1.67. The molecular formula is C19H26N4OS. The van der Waals surface area contributed by atoms with E-state index in [1.165, 1.54) is 37.4 Å². The van der Waals surface area contributed by atoms with Gasteiger partial charge >= 0.3 is 0 Å². The molecule has 1 aliphatic rings. The van der Waals surface area contributed by atoms with Crippen molar-refractivity contribution >= 4 is 17.7 Å². The Morgan fingerprint density at radius 1 is 1.16 bits per heavy atom. The number of para-hydroxylation sites is 1. The maximum Gasteiger partial charge on any atom is 0.233 e. The molecule has 3 rings (SSSR count). The minimum atomic E-state index is -0.200. The molecule has 1 amide bonds. The van der Waals surface area contributed by atoms with Gasteiger partial charge in [-0.25, -0.2) is 0 Å². The predicted molar refractivity (Wildman–Crippen MR) is 101 cm³/mol. The molecule has 25 heavy (non-hydrogen) atoms. The molecule has 0 bridgehead atoms. The summed E-state index contributed by atoms with van der Waals surface area (Å²) in [6.45, 7) is 3.87. The van der Waals surface area contributed by atoms with Gasteiger partial charge in [0, 0.05) is 11.7 Å². The van der Waals surface area contributed by atoms with Crippen LogP contribution in [0.15, 0.2) is 35.5 Å². The molecule has 1 N–H and O–H groups in total. The van der Waals surface area contributed by atoms with Crippen molar-refractivity contribution in [3.05, 3.63) is 36.2 Å². The Morgan fingerprint density at radius 3 is 2.52 bits per heavy atom. The highest BCUT2D eigenvalue weighted by Crippen LogP contribution is 2.26. The number of carbonyl (C=O) groups is 1. The maximum atomic E-state index is 12.6. The SMILES string of the molecule is Cc1nnc(S[C@@H](C)C(=O)NC2CCCCCC2)n1-c1ccccc1. The van der Waals surface area contributed by atoms with E-state index in [4.69, 9.17) is 0 Å². The number of amides is 1. The molecule has 0 radical (unpaired) electrons. The number of aromatic nitrogens is 3. The average molecular weight is 359 g/mol. The van der Waals surface area contributed by atoms with E-state index in [9.17, 15) is 4.79 Å². The largest absolute Gasteiger partial charge is 0.352 e. The molecule has 0 unspecified atom stereocenters. The van der Waals surface area contributed by atoms with E-state index in [-0.39, 0.29) is 11.2 Å². The quantitative estimate of drug-likeness (QED) is 0.650. The molecule has 134 valence electrons. The van der Waals surface area contributed by atoms with Crippen molar-refractivity contribution in [2.45, 2.75) is 68.8 Å². The van der Waals surface area contributed by atoms with E-state index in [1.807, 2.05) is 48.7 Å². The van der Waals surface area contributed by atoms with Crippen LogP contribution in [0.4, 0.5) is 0 Å². The summed E-state index contributed by atoms with van der Waals surface area (Å²) in [6, 6.07) is 10.3. The van der Waals surface area contributed by atoms with E-state index in [2.05, 4.69) is 15.5 Å². The standard InChI is InChI=1S/C19H26N4OS/c1-14(18(24)20-16-10-6-3-4-7-11-16)25-19-22-21-15(2)23(19)17-12-8-5-9-13-17/h5,8-9,12-14,16H,3-4,6-7,10-11H2,1-2H3,(H,20,24)/t14-/m0/s1. The number of benzene rings is 1. The van der Waals surface area contributed by atoms with Crippen LogP contribution in [0, 0.1) is 6.92 Å². The molecule has 1 heterocycles. The van der Waals surface area contributed by atoms with Crippen molar-refractivity contribution < 1.29 is 4.79 Å². The number of nitrogens with zero attached hydrogens (tertiary/aromatic N) is 3. The fourth-order valence-electron chi connectivity index (χ4n) is 3.25. The third kappa shape index (κ3) is 4.63. The summed E-state index contributed by atoms with van der Waals surface area (Å²) in [7, 11) is 0. The Labute approximate surface area is 153 Å². The van der Waals surface area contributed by atoms with Crippen molar-refractivity contribution in [1.82, 2.24) is 20.1 Å². The predicted octanol–water partition coefficient (Wildman–Crippen LogP) is 3.90. The van der Waals surface area contributed by atoms with Gasteiger partial charge in [-0.1, -0.05) is 55.6 Å². The van der Waals surface area contributed by atoms with Crippen molar-refractivity contribution in [2.75, 3.05) is 0 Å². The first kappa shape index (κ1) is 18.0. The van der Waals surface area contributed by atoms with Crippen molar-refractivity contribution in [1.29, 1.82) is 0 Å². The van der Waals surface area contributed by atoms with Crippen molar-refractivity contribution in [3.8, 4) is 5.69 Å². The number of rotatable bonds is 5. The average Bonchev–Trinajstić information content (AvgIpc) is 2.82. The van der Waals surface area contributed by atoms with E-state index in [0.717, 1.165) is 29.5 Å². The molecule has 2 aromatic rings. The monoisotopic (exact) mass is 358 g/mol. The first-order valence-electron chi connectivity index (χ1n) is 9.09. The third-order valence-corrected chi connectivity index (χ3v) is 5.71. The van der Waals surface area contributed by atoms with Crippen LogP contribution in [-0.4, -0.2) is 32.0 Å². The zero-order valence-corrected chi connectivity index (χ0v) is 15.8. The zero-order chi connectivity index (χ0) is 17.6. The summed E-state index contributed by atoms with van der Waals surface area (Å²) in [5, 5.41) is 12.3. The van der Waals surface area contributed by atoms with Crippen LogP contribution >= 0.6 is 11.8 Å². The molecule has 5 nitrogen and oxygen atoms in total. The van der Waals surface area contributed by atoms with E-state index in [1.54, 1.807) is 0 Å². The highest BCUT2D eigenvalue weighted by Gasteiger charge is 2.22. The van der Waals surface area contributed by atoms with Gasteiger partial charge < -0.3 is 5.32 Å². The second-order valence-electron chi connectivity index (χ2n) is 6.66. The lowest BCUT2D eigenvalue weighted by Gasteiger charge is -2.19. The molecule has 6 heteroatoms. The maximum absolute atomic E-state index is 12.6. The summed E-state index contributed by atoms with van der Waals surface area (Å²) >= 11 is 1.47. The van der Waals surface area contributed by atoms with Gasteiger partial charge in [0.15, 0.2) is 5.16 Å². The first-order chi connectivity index (χ1) is 12.1. The number of aryl methyl sites for hydroxylation is 1. The van der Waals surface area contributed by atoms with Crippen molar-refractivity contribution in [3.63, 3.8) is 0 Å². The van der Waals surface area contributed by atoms with Gasteiger partial charge in [-0.05, 0) is 38.8 Å². The summed E-state index contributed by atoms with van der Waals surface area (Å²) in [4.78, 5) is 12.6. The summed E-state index contributed by atoms with van der Waals surface area (Å²) < 4.78 is 2.00. The van der Waals surface area contributed by atoms with Crippen LogP contribution < -0.4 is 5.32 Å². The topological polar surface area (TPSA) is 59.8 Å². The third-order valence-electron chi connectivity index (χ3n) is 4.66. The van der Waals surface area contributed by atoms with E-state index < -0.39 is 0 Å². The fourth-order valence-corrected chi connectivity index (χ4v) is 4.17. The molecule has 1 saturated carbocycles. The number of hydrogen-bond acceptors (Lipinski definition) is 4. The van der Waals surface area contributed by atoms with Gasteiger partial charge in [-0.15, -0.1) is 10.2 Å². The minimum Gasteiger partial charge on any atom is -0.352 e. The molecule has 0 saturated heterocycles. The highest BCUT2D eigenvalue weighted by atomic mass is 32.2. The summed E-state index contributed by atoms with van der Waals surface area (Å²) in [6.07, 6.45) is 7.21. The number of thioether (sulfide) groups is 1. The highest BCUT2D eigenvalue weighted by molar-refractivity contribution is 8.00. The number of carbonyl (C=O) groups excluding carboxylic acids is 1. The molecule has 0 aliphatic heterocycles. The number of hydrogen-bond donors (Lipinski definition) is 1. The second-order valence-corrected chi connectivity index (χ2v) is 7.97. The molecule has 0 spiro atoms. The van der Waals surface area contributed by atoms with Crippen LogP contribution in [0.1, 0.15) is 51.3 Å². The van der Waals surface area contributed by atoms with Gasteiger partial charge in [0.05, 0.1) is 5.25 Å². The van der Waals surface area contributed by atoms with Gasteiger partial charge in [0.25, 0.3) is 0 Å². The lowest BCUT2D eigenvalue weighted by atomic mass is 10.1. The molecule has 1 fully saturated rings. The van der Waals surface area contributed by atoms with Crippen LogP contribution in [-0.2, 0) is 4.79 Å². The van der Waals surface area contributed by atoms with Crippen LogP contribution in [0.3, 0.4) is 0 Å². The van der Waals surface area contributed by atoms with E-state index in [0.29, 0.717) is 6.04 Å². The van der Waals surface area contributed by atoms with Crippen LogP contribution in [0.2, 0.25) is 0 Å². The minimum absolute atomic E-state index is 0.0946. The van der Waals surface area contributed by atoms with E-state index >= 15 is 0 Å².